The number of para-hydroxylation sites is 2. The molecule has 0 bridgehead atoms. The predicted molar refractivity (Wildman–Crippen MR) is 132 cm³/mol. The second kappa shape index (κ2) is 8.49. The van der Waals surface area contributed by atoms with Crippen LogP contribution in [0.25, 0.3) is 33.3 Å². The molecule has 0 spiro atoms. The van der Waals surface area contributed by atoms with Gasteiger partial charge in [-0.2, -0.15) is 0 Å². The highest BCUT2D eigenvalue weighted by molar-refractivity contribution is 5.86. The molecule has 35 heavy (non-hydrogen) atoms. The monoisotopic (exact) mass is 461 g/mol. The van der Waals surface area contributed by atoms with Crippen molar-refractivity contribution in [2.75, 3.05) is 0 Å². The van der Waals surface area contributed by atoms with Gasteiger partial charge in [0.2, 0.25) is 11.8 Å². The third-order valence-electron chi connectivity index (χ3n) is 6.05. The van der Waals surface area contributed by atoms with E-state index in [2.05, 4.69) is 45.1 Å². The van der Waals surface area contributed by atoms with Crippen molar-refractivity contribution < 1.29 is 9.34 Å². The van der Waals surface area contributed by atoms with Gasteiger partial charge in [0.15, 0.2) is 0 Å². The maximum atomic E-state index is 10.9. The average molecular weight is 461 g/mol. The molecule has 0 aliphatic carbocycles. The van der Waals surface area contributed by atoms with Crippen molar-refractivity contribution in [1.82, 2.24) is 19.7 Å². The smallest absolute Gasteiger partial charge is 0.269 e. The van der Waals surface area contributed by atoms with E-state index in [1.54, 1.807) is 12.1 Å². The summed E-state index contributed by atoms with van der Waals surface area (Å²) in [7, 11) is 0. The number of aromatic nitrogens is 4. The first-order valence-corrected chi connectivity index (χ1v) is 11.1. The Labute approximate surface area is 199 Å². The molecule has 8 nitrogen and oxygen atoms in total. The topological polar surface area (TPSA) is 99.9 Å². The number of hydrogen-bond donors (Lipinski definition) is 0. The Morgan fingerprint density at radius 2 is 1.63 bits per heavy atom. The fourth-order valence-electron chi connectivity index (χ4n) is 4.35. The molecule has 0 N–H and O–H groups in total. The molecule has 2 heterocycles. The van der Waals surface area contributed by atoms with Crippen LogP contribution in [0, 0.1) is 10.1 Å². The standard InChI is InChI=1S/C27H19N5O3/c33-32(34)21-14-12-19(13-15-21)27-30-29-26(35-27)17-31-24-11-4-3-10-23(24)28-25(31)16-20-8-5-7-18-6-1-2-9-22(18)20/h1-15H,16-17H2. The molecule has 0 aliphatic heterocycles. The molecule has 6 aromatic rings. The summed E-state index contributed by atoms with van der Waals surface area (Å²) in [6.07, 6.45) is 0.652. The van der Waals surface area contributed by atoms with E-state index in [1.165, 1.54) is 28.5 Å². The lowest BCUT2D eigenvalue weighted by molar-refractivity contribution is -0.384. The van der Waals surface area contributed by atoms with Gasteiger partial charge < -0.3 is 8.98 Å². The number of benzene rings is 4. The lowest BCUT2D eigenvalue weighted by Crippen LogP contribution is -2.06. The van der Waals surface area contributed by atoms with Crippen LogP contribution in [0.3, 0.4) is 0 Å². The molecule has 0 saturated carbocycles. The number of imidazole rings is 1. The highest BCUT2D eigenvalue weighted by Crippen LogP contribution is 2.26. The Morgan fingerprint density at radius 1 is 0.857 bits per heavy atom. The first-order valence-electron chi connectivity index (χ1n) is 11.1. The van der Waals surface area contributed by atoms with Crippen LogP contribution in [0.15, 0.2) is 95.4 Å². The first-order chi connectivity index (χ1) is 17.2. The van der Waals surface area contributed by atoms with Gasteiger partial charge in [0.1, 0.15) is 12.4 Å². The van der Waals surface area contributed by atoms with Crippen LogP contribution in [0.4, 0.5) is 5.69 Å². The van der Waals surface area contributed by atoms with Crippen LogP contribution >= 0.6 is 0 Å². The van der Waals surface area contributed by atoms with Gasteiger partial charge in [-0.05, 0) is 40.6 Å². The lowest BCUT2D eigenvalue weighted by atomic mass is 10.0. The quantitative estimate of drug-likeness (QED) is 0.230. The molecular weight excluding hydrogens is 442 g/mol. The SMILES string of the molecule is O=[N+]([O-])c1ccc(-c2nnc(Cn3c(Cc4cccc5ccccc45)nc4ccccc43)o2)cc1. The maximum Gasteiger partial charge on any atom is 0.269 e. The Kier molecular flexibility index (Phi) is 5.03. The molecule has 8 heteroatoms. The van der Waals surface area contributed by atoms with Crippen molar-refractivity contribution in [1.29, 1.82) is 0 Å². The Hall–Kier alpha value is -4.85. The minimum Gasteiger partial charge on any atom is -0.419 e. The number of nitrogens with zero attached hydrogens (tertiary/aromatic N) is 5. The van der Waals surface area contributed by atoms with Crippen LogP contribution in [0.1, 0.15) is 17.3 Å². The van der Waals surface area contributed by atoms with Crippen LogP contribution < -0.4 is 0 Å². The normalized spacial score (nSPS) is 11.3. The van der Waals surface area contributed by atoms with Crippen molar-refractivity contribution in [2.45, 2.75) is 13.0 Å². The summed E-state index contributed by atoms with van der Waals surface area (Å²) >= 11 is 0. The summed E-state index contributed by atoms with van der Waals surface area (Å²) in [5.74, 6) is 1.65. The molecule has 4 aromatic carbocycles. The molecule has 0 aliphatic rings. The second-order valence-electron chi connectivity index (χ2n) is 8.22. The molecule has 0 fully saturated rings. The van der Waals surface area contributed by atoms with Gasteiger partial charge in [0.25, 0.3) is 5.69 Å². The number of nitro groups is 1. The molecule has 0 amide bonds. The van der Waals surface area contributed by atoms with Crippen LogP contribution in [0.2, 0.25) is 0 Å². The van der Waals surface area contributed by atoms with E-state index in [1.807, 2.05) is 36.4 Å². The predicted octanol–water partition coefficient (Wildman–Crippen LogP) is 5.79. The fraction of sp³-hybridized carbons (Fsp3) is 0.0741. The van der Waals surface area contributed by atoms with Crippen LogP contribution in [-0.2, 0) is 13.0 Å². The molecule has 0 unspecified atom stereocenters. The van der Waals surface area contributed by atoms with Gasteiger partial charge in [-0.3, -0.25) is 10.1 Å². The van der Waals surface area contributed by atoms with Gasteiger partial charge in [0, 0.05) is 24.1 Å². The summed E-state index contributed by atoms with van der Waals surface area (Å²) in [5.41, 5.74) is 3.71. The van der Waals surface area contributed by atoms with E-state index in [9.17, 15) is 10.1 Å². The van der Waals surface area contributed by atoms with Gasteiger partial charge in [0.05, 0.1) is 16.0 Å². The minimum absolute atomic E-state index is 0.0106. The molecule has 170 valence electrons. The van der Waals surface area contributed by atoms with Crippen molar-refractivity contribution in [3.05, 3.63) is 118 Å². The molecule has 6 rings (SSSR count). The molecule has 2 aromatic heterocycles. The van der Waals surface area contributed by atoms with Crippen molar-refractivity contribution >= 4 is 27.5 Å². The van der Waals surface area contributed by atoms with Crippen molar-refractivity contribution in [3.8, 4) is 11.5 Å². The zero-order chi connectivity index (χ0) is 23.8. The second-order valence-corrected chi connectivity index (χ2v) is 8.22. The number of rotatable bonds is 6. The Morgan fingerprint density at radius 3 is 2.49 bits per heavy atom. The number of nitro benzene ring substituents is 1. The Bertz CT molecular complexity index is 1680. The summed E-state index contributed by atoms with van der Waals surface area (Å²) < 4.78 is 8.03. The Balaban J connectivity index is 1.36. The molecule has 0 radical (unpaired) electrons. The zero-order valence-corrected chi connectivity index (χ0v) is 18.5. The van der Waals surface area contributed by atoms with Crippen molar-refractivity contribution in [3.63, 3.8) is 0 Å². The van der Waals surface area contributed by atoms with E-state index in [-0.39, 0.29) is 5.69 Å². The van der Waals surface area contributed by atoms with Crippen LogP contribution in [0.5, 0.6) is 0 Å². The third kappa shape index (κ3) is 3.91. The maximum absolute atomic E-state index is 10.9. The summed E-state index contributed by atoms with van der Waals surface area (Å²) in [4.78, 5) is 15.4. The molecular formula is C27H19N5O3. The summed E-state index contributed by atoms with van der Waals surface area (Å²) in [5, 5.41) is 21.7. The lowest BCUT2D eigenvalue weighted by Gasteiger charge is -2.09. The van der Waals surface area contributed by atoms with E-state index < -0.39 is 4.92 Å². The fourth-order valence-corrected chi connectivity index (χ4v) is 4.35. The average Bonchev–Trinajstić information content (AvgIpc) is 3.49. The highest BCUT2D eigenvalue weighted by atomic mass is 16.6. The summed E-state index contributed by atoms with van der Waals surface area (Å²) in [6.45, 7) is 0.362. The highest BCUT2D eigenvalue weighted by Gasteiger charge is 2.17. The van der Waals surface area contributed by atoms with E-state index in [4.69, 9.17) is 9.40 Å². The first kappa shape index (κ1) is 20.7. The third-order valence-corrected chi connectivity index (χ3v) is 6.05. The molecule has 0 atom stereocenters. The van der Waals surface area contributed by atoms with E-state index >= 15 is 0 Å². The van der Waals surface area contributed by atoms with Gasteiger partial charge >= 0.3 is 0 Å². The van der Waals surface area contributed by atoms with E-state index in [0.29, 0.717) is 30.3 Å². The van der Waals surface area contributed by atoms with Crippen LogP contribution in [-0.4, -0.2) is 24.7 Å². The van der Waals surface area contributed by atoms with Crippen molar-refractivity contribution in [2.24, 2.45) is 0 Å². The summed E-state index contributed by atoms with van der Waals surface area (Å²) in [6, 6.07) is 28.7. The number of fused-ring (bicyclic) bond motifs is 2. The van der Waals surface area contributed by atoms with E-state index in [0.717, 1.165) is 16.9 Å². The minimum atomic E-state index is -0.440. The number of hydrogen-bond acceptors (Lipinski definition) is 6. The zero-order valence-electron chi connectivity index (χ0n) is 18.5. The number of non-ortho nitro benzene ring substituents is 1. The van der Waals surface area contributed by atoms with Gasteiger partial charge in [-0.25, -0.2) is 4.98 Å². The van der Waals surface area contributed by atoms with Gasteiger partial charge in [-0.1, -0.05) is 54.6 Å². The molecule has 0 saturated heterocycles. The largest absolute Gasteiger partial charge is 0.419 e. The van der Waals surface area contributed by atoms with Gasteiger partial charge in [-0.15, -0.1) is 10.2 Å².